The summed E-state index contributed by atoms with van der Waals surface area (Å²) in [6.45, 7) is 0.860. The Balaban J connectivity index is 1.60. The summed E-state index contributed by atoms with van der Waals surface area (Å²) in [5.41, 5.74) is 4.03. The minimum absolute atomic E-state index is 0.173. The minimum Gasteiger partial charge on any atom is -0.377 e. The second kappa shape index (κ2) is 6.70. The molecule has 1 aromatic heterocycles. The Morgan fingerprint density at radius 2 is 2.15 bits per heavy atom. The van der Waals surface area contributed by atoms with Gasteiger partial charge in [0.15, 0.2) is 0 Å². The average Bonchev–Trinajstić information content (AvgIpc) is 3.17. The van der Waals surface area contributed by atoms with Gasteiger partial charge in [-0.15, -0.1) is 0 Å². The van der Waals surface area contributed by atoms with E-state index in [-0.39, 0.29) is 12.1 Å². The zero-order valence-corrected chi connectivity index (χ0v) is 12.1. The van der Waals surface area contributed by atoms with Gasteiger partial charge in [0.05, 0.1) is 23.9 Å². The number of rotatable bonds is 5. The van der Waals surface area contributed by atoms with Crippen molar-refractivity contribution < 1.29 is 4.74 Å². The lowest BCUT2D eigenvalue weighted by Gasteiger charge is -2.22. The molecule has 1 aliphatic heterocycles. The molecule has 2 heterocycles. The highest BCUT2D eigenvalue weighted by atomic mass is 16.5. The summed E-state index contributed by atoms with van der Waals surface area (Å²) in [5.74, 6) is 5.69. The fraction of sp³-hybridized carbons (Fsp3) is 0.800. The Bertz CT molecular complexity index is 408. The maximum atomic E-state index is 5.72. The first-order valence-electron chi connectivity index (χ1n) is 7.98. The van der Waals surface area contributed by atoms with Crippen LogP contribution in [-0.4, -0.2) is 28.5 Å². The standard InChI is InChI=1S/C15H26N4O/c16-17-14(15-7-4-10-20-15)11-12-8-9-19(18-12)13-5-2-1-3-6-13/h8-9,13-15,17H,1-7,10-11,16H2. The van der Waals surface area contributed by atoms with E-state index in [1.165, 1.54) is 32.1 Å². The predicted molar refractivity (Wildman–Crippen MR) is 78.1 cm³/mol. The van der Waals surface area contributed by atoms with Crippen LogP contribution in [0.2, 0.25) is 0 Å². The summed E-state index contributed by atoms with van der Waals surface area (Å²) >= 11 is 0. The lowest BCUT2D eigenvalue weighted by atomic mass is 9.96. The quantitative estimate of drug-likeness (QED) is 0.638. The number of hydrazine groups is 1. The van der Waals surface area contributed by atoms with E-state index in [4.69, 9.17) is 15.7 Å². The van der Waals surface area contributed by atoms with Crippen LogP contribution in [0.4, 0.5) is 0 Å². The van der Waals surface area contributed by atoms with Crippen LogP contribution in [0.1, 0.15) is 56.7 Å². The van der Waals surface area contributed by atoms with Crippen molar-refractivity contribution in [2.75, 3.05) is 6.61 Å². The van der Waals surface area contributed by atoms with Crippen LogP contribution >= 0.6 is 0 Å². The van der Waals surface area contributed by atoms with Gasteiger partial charge in [0.2, 0.25) is 0 Å². The van der Waals surface area contributed by atoms with Crippen LogP contribution in [0, 0.1) is 0 Å². The lowest BCUT2D eigenvalue weighted by molar-refractivity contribution is 0.0780. The van der Waals surface area contributed by atoms with Gasteiger partial charge >= 0.3 is 0 Å². The van der Waals surface area contributed by atoms with Crippen molar-refractivity contribution in [3.05, 3.63) is 18.0 Å². The van der Waals surface area contributed by atoms with Crippen molar-refractivity contribution in [2.45, 2.75) is 69.6 Å². The van der Waals surface area contributed by atoms with Crippen LogP contribution in [0.25, 0.3) is 0 Å². The monoisotopic (exact) mass is 278 g/mol. The third kappa shape index (κ3) is 3.22. The van der Waals surface area contributed by atoms with Crippen molar-refractivity contribution in [1.29, 1.82) is 0 Å². The van der Waals surface area contributed by atoms with Crippen molar-refractivity contribution in [3.63, 3.8) is 0 Å². The van der Waals surface area contributed by atoms with Crippen LogP contribution in [0.15, 0.2) is 12.3 Å². The number of aromatic nitrogens is 2. The highest BCUT2D eigenvalue weighted by Crippen LogP contribution is 2.27. The summed E-state index contributed by atoms with van der Waals surface area (Å²) in [4.78, 5) is 0. The molecule has 2 unspecified atom stereocenters. The Morgan fingerprint density at radius 1 is 1.30 bits per heavy atom. The van der Waals surface area contributed by atoms with E-state index in [0.717, 1.165) is 31.6 Å². The number of hydrogen-bond acceptors (Lipinski definition) is 4. The highest BCUT2D eigenvalue weighted by Gasteiger charge is 2.26. The van der Waals surface area contributed by atoms with Gasteiger partial charge in [-0.1, -0.05) is 19.3 Å². The first kappa shape index (κ1) is 14.0. The van der Waals surface area contributed by atoms with E-state index in [1.54, 1.807) is 0 Å². The summed E-state index contributed by atoms with van der Waals surface area (Å²) < 4.78 is 7.89. The molecule has 0 aromatic carbocycles. The van der Waals surface area contributed by atoms with Gasteiger partial charge in [-0.25, -0.2) is 0 Å². The van der Waals surface area contributed by atoms with Gasteiger partial charge in [0.1, 0.15) is 0 Å². The van der Waals surface area contributed by atoms with Gasteiger partial charge in [0.25, 0.3) is 0 Å². The Kier molecular flexibility index (Phi) is 4.70. The van der Waals surface area contributed by atoms with Gasteiger partial charge in [-0.05, 0) is 31.7 Å². The second-order valence-corrected chi connectivity index (χ2v) is 6.11. The maximum absolute atomic E-state index is 5.72. The SMILES string of the molecule is NNC(Cc1ccn(C2CCCCC2)n1)C1CCCO1. The number of ether oxygens (including phenoxy) is 1. The summed E-state index contributed by atoms with van der Waals surface area (Å²) in [5, 5.41) is 4.76. The molecule has 20 heavy (non-hydrogen) atoms. The summed E-state index contributed by atoms with van der Waals surface area (Å²) in [6, 6.07) is 2.91. The van der Waals surface area contributed by atoms with Crippen LogP contribution in [-0.2, 0) is 11.2 Å². The van der Waals surface area contributed by atoms with E-state index >= 15 is 0 Å². The van der Waals surface area contributed by atoms with E-state index in [0.29, 0.717) is 6.04 Å². The topological polar surface area (TPSA) is 65.1 Å². The molecular weight excluding hydrogens is 252 g/mol. The number of nitrogens with one attached hydrogen (secondary N) is 1. The first-order chi connectivity index (χ1) is 9.86. The zero-order valence-electron chi connectivity index (χ0n) is 12.1. The third-order valence-corrected chi connectivity index (χ3v) is 4.67. The third-order valence-electron chi connectivity index (χ3n) is 4.67. The fourth-order valence-electron chi connectivity index (χ4n) is 3.48. The molecule has 112 valence electrons. The molecule has 2 fully saturated rings. The molecule has 5 nitrogen and oxygen atoms in total. The lowest BCUT2D eigenvalue weighted by Crippen LogP contribution is -2.45. The molecule has 1 aliphatic carbocycles. The molecule has 1 saturated heterocycles. The molecule has 0 radical (unpaired) electrons. The van der Waals surface area contributed by atoms with Gasteiger partial charge < -0.3 is 4.74 Å². The zero-order chi connectivity index (χ0) is 13.8. The van der Waals surface area contributed by atoms with Gasteiger partial charge in [0, 0.05) is 19.2 Å². The summed E-state index contributed by atoms with van der Waals surface area (Å²) in [6.07, 6.45) is 12.0. The number of nitrogens with two attached hydrogens (primary N) is 1. The Hall–Kier alpha value is -0.910. The Labute approximate surface area is 120 Å². The Morgan fingerprint density at radius 3 is 2.85 bits per heavy atom. The molecule has 3 rings (SSSR count). The van der Waals surface area contributed by atoms with E-state index < -0.39 is 0 Å². The van der Waals surface area contributed by atoms with E-state index in [1.807, 2.05) is 0 Å². The highest BCUT2D eigenvalue weighted by molar-refractivity contribution is 5.04. The molecule has 5 heteroatoms. The van der Waals surface area contributed by atoms with Crippen LogP contribution in [0.5, 0.6) is 0 Å². The average molecular weight is 278 g/mol. The van der Waals surface area contributed by atoms with Gasteiger partial charge in [-0.2, -0.15) is 5.10 Å². The molecule has 0 spiro atoms. The number of hydrogen-bond donors (Lipinski definition) is 2. The van der Waals surface area contributed by atoms with Crippen LogP contribution in [0.3, 0.4) is 0 Å². The molecule has 0 bridgehead atoms. The predicted octanol–water partition coefficient (Wildman–Crippen LogP) is 1.94. The molecule has 0 amide bonds. The molecule has 2 aliphatic rings. The molecule has 3 N–H and O–H groups in total. The largest absolute Gasteiger partial charge is 0.377 e. The smallest absolute Gasteiger partial charge is 0.0746 e. The molecular formula is C15H26N4O. The van der Waals surface area contributed by atoms with Crippen molar-refractivity contribution in [2.24, 2.45) is 5.84 Å². The van der Waals surface area contributed by atoms with Gasteiger partial charge in [-0.3, -0.25) is 16.0 Å². The molecule has 1 aromatic rings. The second-order valence-electron chi connectivity index (χ2n) is 6.11. The van der Waals surface area contributed by atoms with E-state index in [2.05, 4.69) is 22.4 Å². The van der Waals surface area contributed by atoms with Crippen molar-refractivity contribution >= 4 is 0 Å². The molecule has 2 atom stereocenters. The minimum atomic E-state index is 0.173. The van der Waals surface area contributed by atoms with Crippen molar-refractivity contribution in [3.8, 4) is 0 Å². The van der Waals surface area contributed by atoms with Crippen molar-refractivity contribution in [1.82, 2.24) is 15.2 Å². The van der Waals surface area contributed by atoms with E-state index in [9.17, 15) is 0 Å². The first-order valence-corrected chi connectivity index (χ1v) is 7.98. The van der Waals surface area contributed by atoms with Crippen LogP contribution < -0.4 is 11.3 Å². The number of nitrogens with zero attached hydrogens (tertiary/aromatic N) is 2. The maximum Gasteiger partial charge on any atom is 0.0746 e. The fourth-order valence-corrected chi connectivity index (χ4v) is 3.48. The summed E-state index contributed by atoms with van der Waals surface area (Å²) in [7, 11) is 0. The normalized spacial score (nSPS) is 25.9. The molecule has 1 saturated carbocycles.